The third-order valence-corrected chi connectivity index (χ3v) is 5.89. The van der Waals surface area contributed by atoms with E-state index in [9.17, 15) is 9.18 Å². The molecule has 4 rings (SSSR count). The number of carbonyl (C=O) groups excluding carboxylic acids is 1. The number of methoxy groups -OCH3 is 1. The van der Waals surface area contributed by atoms with E-state index in [-0.39, 0.29) is 17.1 Å². The van der Waals surface area contributed by atoms with Crippen LogP contribution in [-0.2, 0) is 19.6 Å². The molecule has 0 fully saturated rings. The van der Waals surface area contributed by atoms with Gasteiger partial charge in [0.1, 0.15) is 12.4 Å². The van der Waals surface area contributed by atoms with Crippen molar-refractivity contribution in [3.8, 4) is 11.5 Å². The minimum atomic E-state index is -0.655. The van der Waals surface area contributed by atoms with Crippen LogP contribution in [0.3, 0.4) is 0 Å². The first-order valence-electron chi connectivity index (χ1n) is 11.5. The first-order valence-corrected chi connectivity index (χ1v) is 11.9. The topological polar surface area (TPSA) is 51.7 Å². The summed E-state index contributed by atoms with van der Waals surface area (Å²) in [7, 11) is 1.57. The van der Waals surface area contributed by atoms with Gasteiger partial charge >= 0.3 is 0 Å². The molecular weight excluding hydrogens is 479 g/mol. The fourth-order valence-corrected chi connectivity index (χ4v) is 3.93. The van der Waals surface area contributed by atoms with E-state index in [0.717, 1.165) is 22.9 Å². The van der Waals surface area contributed by atoms with Crippen LogP contribution in [0.1, 0.15) is 27.2 Å². The van der Waals surface area contributed by atoms with Crippen LogP contribution >= 0.6 is 11.6 Å². The highest BCUT2D eigenvalue weighted by Gasteiger charge is 2.21. The summed E-state index contributed by atoms with van der Waals surface area (Å²) in [5.74, 6) is 0.0690. The van der Waals surface area contributed by atoms with E-state index in [4.69, 9.17) is 21.1 Å². The first kappa shape index (κ1) is 25.2. The van der Waals surface area contributed by atoms with E-state index in [1.165, 1.54) is 12.1 Å². The van der Waals surface area contributed by atoms with Gasteiger partial charge in [0.15, 0.2) is 11.5 Å². The maximum Gasteiger partial charge on any atom is 0.257 e. The summed E-state index contributed by atoms with van der Waals surface area (Å²) in [6.45, 7) is 1.01. The van der Waals surface area contributed by atoms with E-state index in [1.807, 2.05) is 66.7 Å². The van der Waals surface area contributed by atoms with Gasteiger partial charge in [-0.2, -0.15) is 0 Å². The Balaban J connectivity index is 1.54. The Morgan fingerprint density at radius 2 is 1.75 bits per heavy atom. The van der Waals surface area contributed by atoms with Crippen molar-refractivity contribution >= 4 is 17.5 Å². The SMILES string of the molecule is COc1cc(CN(CCc2ccccn2)C(=O)c2ccc(Cl)cc2F)ccc1OCc1ccccc1. The number of carbonyl (C=O) groups is 1. The molecule has 1 amide bonds. The molecular formula is C29H26ClFN2O3. The lowest BCUT2D eigenvalue weighted by Crippen LogP contribution is -2.33. The summed E-state index contributed by atoms with van der Waals surface area (Å²) >= 11 is 5.89. The second-order valence-electron chi connectivity index (χ2n) is 8.18. The Kier molecular flexibility index (Phi) is 8.53. The zero-order valence-corrected chi connectivity index (χ0v) is 20.6. The highest BCUT2D eigenvalue weighted by atomic mass is 35.5. The van der Waals surface area contributed by atoms with Crippen LogP contribution in [0.2, 0.25) is 5.02 Å². The molecule has 5 nitrogen and oxygen atoms in total. The molecule has 3 aromatic carbocycles. The molecule has 0 saturated carbocycles. The molecule has 0 unspecified atom stereocenters. The minimum absolute atomic E-state index is 0.0322. The van der Waals surface area contributed by atoms with Crippen LogP contribution in [0, 0.1) is 5.82 Å². The summed E-state index contributed by atoms with van der Waals surface area (Å²) in [5.41, 5.74) is 2.67. The molecule has 184 valence electrons. The molecule has 7 heteroatoms. The van der Waals surface area contributed by atoms with Gasteiger partial charge in [0.05, 0.1) is 12.7 Å². The predicted molar refractivity (Wildman–Crippen MR) is 138 cm³/mol. The highest BCUT2D eigenvalue weighted by Crippen LogP contribution is 2.30. The molecule has 1 heterocycles. The molecule has 0 atom stereocenters. The van der Waals surface area contributed by atoms with Crippen LogP contribution in [0.25, 0.3) is 0 Å². The van der Waals surface area contributed by atoms with Crippen molar-refractivity contribution in [2.45, 2.75) is 19.6 Å². The van der Waals surface area contributed by atoms with Crippen molar-refractivity contribution < 1.29 is 18.7 Å². The van der Waals surface area contributed by atoms with Crippen molar-refractivity contribution in [1.82, 2.24) is 9.88 Å². The monoisotopic (exact) mass is 504 g/mol. The molecule has 0 N–H and O–H groups in total. The zero-order chi connectivity index (χ0) is 25.3. The number of amides is 1. The van der Waals surface area contributed by atoms with Crippen molar-refractivity contribution in [1.29, 1.82) is 0 Å². The Bertz CT molecular complexity index is 1300. The predicted octanol–water partition coefficient (Wildman–Crippen LogP) is 6.35. The van der Waals surface area contributed by atoms with E-state index >= 15 is 0 Å². The first-order chi connectivity index (χ1) is 17.5. The van der Waals surface area contributed by atoms with Gasteiger partial charge in [-0.3, -0.25) is 9.78 Å². The van der Waals surface area contributed by atoms with E-state index in [0.29, 0.717) is 31.1 Å². The number of hydrogen-bond donors (Lipinski definition) is 0. The number of ether oxygens (including phenoxy) is 2. The average Bonchev–Trinajstić information content (AvgIpc) is 2.91. The second kappa shape index (κ2) is 12.2. The number of aromatic nitrogens is 1. The summed E-state index contributed by atoms with van der Waals surface area (Å²) < 4.78 is 26.1. The Morgan fingerprint density at radius 1 is 0.944 bits per heavy atom. The molecule has 0 aliphatic rings. The number of pyridine rings is 1. The zero-order valence-electron chi connectivity index (χ0n) is 19.9. The van der Waals surface area contributed by atoms with Crippen LogP contribution in [-0.4, -0.2) is 29.4 Å². The smallest absolute Gasteiger partial charge is 0.257 e. The van der Waals surface area contributed by atoms with Crippen molar-refractivity contribution in [3.63, 3.8) is 0 Å². The van der Waals surface area contributed by atoms with Gasteiger partial charge in [0.2, 0.25) is 0 Å². The number of rotatable bonds is 10. The summed E-state index contributed by atoms with van der Waals surface area (Å²) in [6, 6.07) is 25.1. The summed E-state index contributed by atoms with van der Waals surface area (Å²) in [5, 5.41) is 0.236. The lowest BCUT2D eigenvalue weighted by Gasteiger charge is -2.24. The van der Waals surface area contributed by atoms with Gasteiger partial charge in [0, 0.05) is 36.4 Å². The molecule has 0 spiro atoms. The lowest BCUT2D eigenvalue weighted by molar-refractivity contribution is 0.0740. The van der Waals surface area contributed by atoms with Gasteiger partial charge in [-0.05, 0) is 53.6 Å². The normalized spacial score (nSPS) is 10.6. The largest absolute Gasteiger partial charge is 0.493 e. The fraction of sp³-hybridized carbons (Fsp3) is 0.172. The number of halogens is 2. The van der Waals surface area contributed by atoms with Gasteiger partial charge in [0.25, 0.3) is 5.91 Å². The Morgan fingerprint density at radius 3 is 2.47 bits per heavy atom. The molecule has 4 aromatic rings. The van der Waals surface area contributed by atoms with Gasteiger partial charge in [-0.1, -0.05) is 54.1 Å². The molecule has 0 bridgehead atoms. The number of nitrogens with zero attached hydrogens (tertiary/aromatic N) is 2. The van der Waals surface area contributed by atoms with Crippen molar-refractivity contribution in [3.05, 3.63) is 124 Å². The Labute approximate surface area is 215 Å². The maximum atomic E-state index is 14.6. The van der Waals surface area contributed by atoms with Crippen LogP contribution in [0.5, 0.6) is 11.5 Å². The third-order valence-electron chi connectivity index (χ3n) is 5.65. The number of benzene rings is 3. The van der Waals surface area contributed by atoms with Crippen LogP contribution in [0.15, 0.2) is 91.1 Å². The minimum Gasteiger partial charge on any atom is -0.493 e. The molecule has 0 saturated heterocycles. The summed E-state index contributed by atoms with van der Waals surface area (Å²) in [4.78, 5) is 19.3. The van der Waals surface area contributed by atoms with Crippen molar-refractivity contribution in [2.24, 2.45) is 0 Å². The van der Waals surface area contributed by atoms with Gasteiger partial charge in [-0.25, -0.2) is 4.39 Å². The molecule has 36 heavy (non-hydrogen) atoms. The van der Waals surface area contributed by atoms with E-state index in [1.54, 1.807) is 18.2 Å². The fourth-order valence-electron chi connectivity index (χ4n) is 3.77. The average molecular weight is 505 g/mol. The second-order valence-corrected chi connectivity index (χ2v) is 8.62. The highest BCUT2D eigenvalue weighted by molar-refractivity contribution is 6.30. The standard InChI is InChI=1S/C29H26ClFN2O3/c1-35-28-17-22(10-13-27(28)36-20-21-7-3-2-4-8-21)19-33(16-14-24-9-5-6-15-32-24)29(34)25-12-11-23(30)18-26(25)31/h2-13,15,17-18H,14,16,19-20H2,1H3. The summed E-state index contributed by atoms with van der Waals surface area (Å²) in [6.07, 6.45) is 2.23. The van der Waals surface area contributed by atoms with Gasteiger partial charge < -0.3 is 14.4 Å². The Hall–Kier alpha value is -3.90. The quantitative estimate of drug-likeness (QED) is 0.252. The van der Waals surface area contributed by atoms with Crippen LogP contribution in [0.4, 0.5) is 4.39 Å². The molecule has 0 aliphatic heterocycles. The lowest BCUT2D eigenvalue weighted by atomic mass is 10.1. The molecule has 1 aromatic heterocycles. The van der Waals surface area contributed by atoms with Gasteiger partial charge in [-0.15, -0.1) is 0 Å². The molecule has 0 aliphatic carbocycles. The third kappa shape index (κ3) is 6.61. The van der Waals surface area contributed by atoms with Crippen molar-refractivity contribution in [2.75, 3.05) is 13.7 Å². The maximum absolute atomic E-state index is 14.6. The van der Waals surface area contributed by atoms with E-state index < -0.39 is 11.7 Å². The molecule has 0 radical (unpaired) electrons. The number of hydrogen-bond acceptors (Lipinski definition) is 4. The van der Waals surface area contributed by atoms with E-state index in [2.05, 4.69) is 4.98 Å². The van der Waals surface area contributed by atoms with Crippen LogP contribution < -0.4 is 9.47 Å².